The molecule has 174 valence electrons. The largest absolute Gasteiger partial charge is 0.492 e. The van der Waals surface area contributed by atoms with Gasteiger partial charge in [0.05, 0.1) is 21.7 Å². The van der Waals surface area contributed by atoms with Crippen molar-refractivity contribution in [2.24, 2.45) is 5.92 Å². The summed E-state index contributed by atoms with van der Waals surface area (Å²) in [4.78, 5) is 37.8. The second kappa shape index (κ2) is 10.4. The van der Waals surface area contributed by atoms with Gasteiger partial charge in [0.1, 0.15) is 12.3 Å². The third-order valence-electron chi connectivity index (χ3n) is 4.31. The number of amides is 3. The molecule has 0 aromatic heterocycles. The number of thioether (sulfide) groups is 1. The Morgan fingerprint density at radius 3 is 2.58 bits per heavy atom. The summed E-state index contributed by atoms with van der Waals surface area (Å²) in [6.07, 6.45) is 1.49. The molecule has 1 fully saturated rings. The number of benzene rings is 2. The zero-order chi connectivity index (χ0) is 24.3. The van der Waals surface area contributed by atoms with E-state index in [1.807, 2.05) is 19.2 Å². The van der Waals surface area contributed by atoms with E-state index in [0.717, 1.165) is 6.07 Å². The van der Waals surface area contributed by atoms with Gasteiger partial charge in [-0.1, -0.05) is 19.9 Å². The van der Waals surface area contributed by atoms with E-state index < -0.39 is 46.7 Å². The summed E-state index contributed by atoms with van der Waals surface area (Å²) in [5.41, 5.74) is 0.0172. The first-order valence-electron chi connectivity index (χ1n) is 9.68. The molecule has 3 amide bonds. The van der Waals surface area contributed by atoms with Gasteiger partial charge in [-0.05, 0) is 69.5 Å². The zero-order valence-corrected chi connectivity index (χ0v) is 19.9. The molecule has 1 aliphatic heterocycles. The smallest absolute Gasteiger partial charge is 0.294 e. The quantitative estimate of drug-likeness (QED) is 0.365. The van der Waals surface area contributed by atoms with E-state index in [-0.39, 0.29) is 4.91 Å². The Morgan fingerprint density at radius 1 is 1.18 bits per heavy atom. The van der Waals surface area contributed by atoms with Gasteiger partial charge in [0.15, 0.2) is 17.5 Å². The summed E-state index contributed by atoms with van der Waals surface area (Å²) in [5, 5.41) is 1.34. The van der Waals surface area contributed by atoms with Gasteiger partial charge < -0.3 is 10.1 Å². The summed E-state index contributed by atoms with van der Waals surface area (Å²) in [6, 6.07) is 6.65. The van der Waals surface area contributed by atoms with Crippen LogP contribution in [0.3, 0.4) is 0 Å². The molecule has 1 heterocycles. The first-order valence-corrected chi connectivity index (χ1v) is 11.3. The van der Waals surface area contributed by atoms with Crippen LogP contribution in [0.25, 0.3) is 6.08 Å². The molecule has 0 unspecified atom stereocenters. The number of ether oxygens (including phenoxy) is 1. The van der Waals surface area contributed by atoms with Gasteiger partial charge in [0, 0.05) is 0 Å². The van der Waals surface area contributed by atoms with E-state index >= 15 is 0 Å². The summed E-state index contributed by atoms with van der Waals surface area (Å²) >= 11 is 4.05. The van der Waals surface area contributed by atoms with E-state index in [1.54, 1.807) is 18.2 Å². The molecule has 0 bridgehead atoms. The number of nitrogens with zero attached hydrogens (tertiary/aromatic N) is 1. The van der Waals surface area contributed by atoms with Crippen LogP contribution in [0.2, 0.25) is 0 Å². The van der Waals surface area contributed by atoms with Crippen LogP contribution in [0.4, 0.5) is 23.7 Å². The van der Waals surface area contributed by atoms with Crippen molar-refractivity contribution >= 4 is 56.5 Å². The fraction of sp³-hybridized carbons (Fsp3) is 0.227. The van der Waals surface area contributed by atoms with Crippen LogP contribution in [0, 0.1) is 23.4 Å². The van der Waals surface area contributed by atoms with Gasteiger partial charge in [0.25, 0.3) is 11.1 Å². The standard InChI is InChI=1S/C22H18BrF3N2O4S/c1-11(2)10-32-16-6-3-12(7-13(16)23)8-17-21(30)28(22(31)33-17)9-18(29)27-15-5-4-14(24)19(25)20(15)26/h3-8,11H,9-10H2,1-2H3,(H,27,29)/b17-8+. The minimum Gasteiger partial charge on any atom is -0.492 e. The van der Waals surface area contributed by atoms with E-state index in [1.165, 1.54) is 6.08 Å². The Morgan fingerprint density at radius 2 is 1.91 bits per heavy atom. The second-order valence-electron chi connectivity index (χ2n) is 7.43. The molecule has 0 saturated carbocycles. The number of rotatable bonds is 7. The van der Waals surface area contributed by atoms with Crippen molar-refractivity contribution in [3.8, 4) is 5.75 Å². The van der Waals surface area contributed by atoms with Gasteiger partial charge >= 0.3 is 0 Å². The summed E-state index contributed by atoms with van der Waals surface area (Å²) in [6.45, 7) is 3.86. The van der Waals surface area contributed by atoms with Crippen molar-refractivity contribution in [3.05, 3.63) is 62.7 Å². The second-order valence-corrected chi connectivity index (χ2v) is 9.28. The first kappa shape index (κ1) is 24.8. The molecule has 33 heavy (non-hydrogen) atoms. The lowest BCUT2D eigenvalue weighted by Gasteiger charge is -2.13. The number of imide groups is 1. The number of carbonyl (C=O) groups is 3. The molecule has 1 saturated heterocycles. The maximum atomic E-state index is 13.7. The van der Waals surface area contributed by atoms with Crippen LogP contribution < -0.4 is 10.1 Å². The fourth-order valence-electron chi connectivity index (χ4n) is 2.72. The van der Waals surface area contributed by atoms with E-state index in [2.05, 4.69) is 15.9 Å². The summed E-state index contributed by atoms with van der Waals surface area (Å²) in [7, 11) is 0. The third-order valence-corrected chi connectivity index (χ3v) is 5.84. The van der Waals surface area contributed by atoms with Crippen molar-refractivity contribution in [3.63, 3.8) is 0 Å². The third kappa shape index (κ3) is 5.97. The number of anilines is 1. The average molecular weight is 543 g/mol. The van der Waals surface area contributed by atoms with Crippen LogP contribution >= 0.6 is 27.7 Å². The fourth-order valence-corrected chi connectivity index (χ4v) is 4.07. The number of hydrogen-bond acceptors (Lipinski definition) is 5. The molecule has 1 N–H and O–H groups in total. The molecule has 1 aliphatic rings. The molecule has 2 aromatic carbocycles. The molecular formula is C22H18BrF3N2O4S. The Hall–Kier alpha value is -2.79. The maximum absolute atomic E-state index is 13.7. The molecule has 0 spiro atoms. The SMILES string of the molecule is CC(C)COc1ccc(/C=C2/SC(=O)N(CC(=O)Nc3ccc(F)c(F)c3F)C2=O)cc1Br. The Bertz CT molecular complexity index is 1160. The molecule has 11 heteroatoms. The van der Waals surface area contributed by atoms with Gasteiger partial charge in [-0.2, -0.15) is 0 Å². The highest BCUT2D eigenvalue weighted by molar-refractivity contribution is 9.10. The van der Waals surface area contributed by atoms with Gasteiger partial charge in [-0.15, -0.1) is 0 Å². The molecule has 3 rings (SSSR count). The first-order chi connectivity index (χ1) is 15.6. The Labute approximate surface area is 200 Å². The highest BCUT2D eigenvalue weighted by Gasteiger charge is 2.36. The minimum atomic E-state index is -1.74. The lowest BCUT2D eigenvalue weighted by molar-refractivity contribution is -0.127. The number of hydrogen-bond donors (Lipinski definition) is 1. The van der Waals surface area contributed by atoms with Crippen molar-refractivity contribution in [1.82, 2.24) is 4.90 Å². The summed E-state index contributed by atoms with van der Waals surface area (Å²) < 4.78 is 46.4. The molecule has 0 radical (unpaired) electrons. The Kier molecular flexibility index (Phi) is 7.85. The van der Waals surface area contributed by atoms with Crippen molar-refractivity contribution < 1.29 is 32.3 Å². The molecule has 2 aromatic rings. The zero-order valence-electron chi connectivity index (χ0n) is 17.5. The predicted octanol–water partition coefficient (Wildman–Crippen LogP) is 5.58. The predicted molar refractivity (Wildman–Crippen MR) is 122 cm³/mol. The number of carbonyl (C=O) groups excluding carboxylic acids is 3. The average Bonchev–Trinajstić information content (AvgIpc) is 3.00. The van der Waals surface area contributed by atoms with Gasteiger partial charge in [-0.3, -0.25) is 19.3 Å². The molecule has 6 nitrogen and oxygen atoms in total. The van der Waals surface area contributed by atoms with E-state index in [9.17, 15) is 27.6 Å². The van der Waals surface area contributed by atoms with Gasteiger partial charge in [-0.25, -0.2) is 13.2 Å². The minimum absolute atomic E-state index is 0.0922. The number of halogens is 4. The van der Waals surface area contributed by atoms with Crippen LogP contribution in [-0.2, 0) is 9.59 Å². The van der Waals surface area contributed by atoms with E-state index in [4.69, 9.17) is 4.74 Å². The highest BCUT2D eigenvalue weighted by Crippen LogP contribution is 2.34. The molecular weight excluding hydrogens is 525 g/mol. The lowest BCUT2D eigenvalue weighted by atomic mass is 10.2. The lowest BCUT2D eigenvalue weighted by Crippen LogP contribution is -2.36. The Balaban J connectivity index is 1.69. The topological polar surface area (TPSA) is 75.7 Å². The van der Waals surface area contributed by atoms with Crippen molar-refractivity contribution in [2.75, 3.05) is 18.5 Å². The summed E-state index contributed by atoms with van der Waals surface area (Å²) in [5.74, 6) is -5.40. The monoisotopic (exact) mass is 542 g/mol. The van der Waals surface area contributed by atoms with Crippen molar-refractivity contribution in [2.45, 2.75) is 13.8 Å². The number of nitrogens with one attached hydrogen (secondary N) is 1. The van der Waals surface area contributed by atoms with Crippen LogP contribution in [0.1, 0.15) is 19.4 Å². The normalized spacial score (nSPS) is 15.0. The van der Waals surface area contributed by atoms with Crippen molar-refractivity contribution in [1.29, 1.82) is 0 Å². The molecule has 0 atom stereocenters. The highest BCUT2D eigenvalue weighted by atomic mass is 79.9. The van der Waals surface area contributed by atoms with Gasteiger partial charge in [0.2, 0.25) is 5.91 Å². The molecule has 0 aliphatic carbocycles. The van der Waals surface area contributed by atoms with Crippen LogP contribution in [0.5, 0.6) is 5.75 Å². The maximum Gasteiger partial charge on any atom is 0.294 e. The van der Waals surface area contributed by atoms with Crippen LogP contribution in [-0.4, -0.2) is 35.1 Å². The van der Waals surface area contributed by atoms with E-state index in [0.29, 0.717) is 51.0 Å². The van der Waals surface area contributed by atoms with Crippen LogP contribution in [0.15, 0.2) is 39.7 Å².